The van der Waals surface area contributed by atoms with Crippen LogP contribution in [0.3, 0.4) is 0 Å². The summed E-state index contributed by atoms with van der Waals surface area (Å²) in [6.45, 7) is 6.86. The van der Waals surface area contributed by atoms with E-state index in [1.807, 2.05) is 0 Å². The molecule has 0 spiro atoms. The van der Waals surface area contributed by atoms with Gasteiger partial charge in [0.15, 0.2) is 0 Å². The second-order valence-corrected chi connectivity index (χ2v) is 18.8. The summed E-state index contributed by atoms with van der Waals surface area (Å²) in [7, 11) is 1.57. The Kier molecular flexibility index (Phi) is 16.1. The van der Waals surface area contributed by atoms with Gasteiger partial charge in [-0.2, -0.15) is 0 Å². The number of likely N-dealkylation sites (N-methyl/N-ethyl adjacent to an activating group) is 1. The Hall–Kier alpha value is -8.40. The summed E-state index contributed by atoms with van der Waals surface area (Å²) in [5.41, 5.74) is 3.36. The first-order chi connectivity index (χ1) is 35.9. The van der Waals surface area contributed by atoms with Crippen molar-refractivity contribution in [3.63, 3.8) is 0 Å². The number of benzene rings is 2. The van der Waals surface area contributed by atoms with Crippen LogP contribution in [-0.2, 0) is 76.4 Å². The largest absolute Gasteiger partial charge is 0.490 e. The number of ether oxygens (including phenoxy) is 1. The molecule has 0 radical (unpaired) electrons. The molecule has 8 rings (SSSR count). The Morgan fingerprint density at radius 2 is 1.67 bits per heavy atom. The number of fused-ring (bicyclic) bond motifs is 5. The third kappa shape index (κ3) is 11.9. The summed E-state index contributed by atoms with van der Waals surface area (Å²) in [6, 6.07) is 12.6. The van der Waals surface area contributed by atoms with Gasteiger partial charge in [-0.3, -0.25) is 43.3 Å². The molecule has 5 N–H and O–H groups in total. The molecule has 6 heterocycles. The lowest BCUT2D eigenvalue weighted by Gasteiger charge is -2.35. The van der Waals surface area contributed by atoms with E-state index in [1.165, 1.54) is 23.1 Å². The van der Waals surface area contributed by atoms with E-state index in [0.717, 1.165) is 21.6 Å². The molecule has 21 nitrogen and oxygen atoms in total. The Bertz CT molecular complexity index is 3190. The van der Waals surface area contributed by atoms with Crippen molar-refractivity contribution in [3.8, 4) is 11.4 Å². The number of pyridine rings is 2. The quantitative estimate of drug-likeness (QED) is 0.0480. The Morgan fingerprint density at radius 1 is 0.933 bits per heavy atom. The molecule has 0 unspecified atom stereocenters. The molecule has 0 bridgehead atoms. The zero-order valence-corrected chi connectivity index (χ0v) is 41.9. The van der Waals surface area contributed by atoms with Crippen LogP contribution in [0.2, 0.25) is 0 Å². The van der Waals surface area contributed by atoms with E-state index < -0.39 is 47.6 Å². The van der Waals surface area contributed by atoms with Gasteiger partial charge in [-0.25, -0.2) is 14.1 Å². The van der Waals surface area contributed by atoms with Gasteiger partial charge >= 0.3 is 0 Å². The van der Waals surface area contributed by atoms with Gasteiger partial charge in [0.05, 0.1) is 60.9 Å². The zero-order valence-electron chi connectivity index (χ0n) is 41.9. The molecule has 2 aromatic carbocycles. The maximum atomic E-state index is 15.1. The highest BCUT2D eigenvalue weighted by atomic mass is 19.1. The second-order valence-electron chi connectivity index (χ2n) is 18.8. The minimum atomic E-state index is -1.58. The fourth-order valence-electron chi connectivity index (χ4n) is 9.30. The molecule has 75 heavy (non-hydrogen) atoms. The molecule has 7 amide bonds. The van der Waals surface area contributed by atoms with E-state index in [0.29, 0.717) is 70.4 Å². The first kappa shape index (κ1) is 52.9. The van der Waals surface area contributed by atoms with Crippen molar-refractivity contribution in [2.24, 2.45) is 0 Å². The number of nitrogens with zero attached hydrogens (tertiary/aromatic N) is 7. The highest BCUT2D eigenvalue weighted by Crippen LogP contribution is 2.43. The topological polar surface area (TPSA) is 269 Å². The van der Waals surface area contributed by atoms with Crippen LogP contribution in [-0.4, -0.2) is 127 Å². The first-order valence-electron chi connectivity index (χ1n) is 24.7. The van der Waals surface area contributed by atoms with Gasteiger partial charge in [0, 0.05) is 80.3 Å². The van der Waals surface area contributed by atoms with Crippen molar-refractivity contribution in [2.45, 2.75) is 90.1 Å². The third-order valence-corrected chi connectivity index (χ3v) is 13.7. The van der Waals surface area contributed by atoms with E-state index in [1.54, 1.807) is 78.8 Å². The number of hydrogen-bond donors (Lipinski definition) is 5. The summed E-state index contributed by atoms with van der Waals surface area (Å²) in [4.78, 5) is 109. The monoisotopic (exact) mass is 1030 g/mol. The number of halogens is 1. The van der Waals surface area contributed by atoms with Crippen LogP contribution in [0.15, 0.2) is 84.0 Å². The van der Waals surface area contributed by atoms with E-state index in [4.69, 9.17) is 9.72 Å². The molecule has 0 aliphatic carbocycles. The van der Waals surface area contributed by atoms with Gasteiger partial charge < -0.3 is 40.6 Å². The van der Waals surface area contributed by atoms with Crippen LogP contribution in [0.1, 0.15) is 78.1 Å². The number of aromatic nitrogens is 5. The van der Waals surface area contributed by atoms with Crippen molar-refractivity contribution in [1.29, 1.82) is 0 Å². The molecule has 5 aromatic rings. The summed E-state index contributed by atoms with van der Waals surface area (Å²) in [5.74, 6) is -3.75. The maximum Gasteiger partial charge on any atom is 0.258 e. The molecule has 392 valence electrons. The van der Waals surface area contributed by atoms with Crippen LogP contribution in [0.25, 0.3) is 22.3 Å². The first-order valence-corrected chi connectivity index (χ1v) is 24.7. The highest BCUT2D eigenvalue weighted by Gasteiger charge is 2.42. The number of carbonyl (C=O) groups excluding carboxylic acids is 7. The van der Waals surface area contributed by atoms with E-state index in [-0.39, 0.29) is 94.2 Å². The summed E-state index contributed by atoms with van der Waals surface area (Å²) in [5, 5.41) is 31.1. The molecule has 2 atom stereocenters. The number of imide groups is 1. The highest BCUT2D eigenvalue weighted by molar-refractivity contribution is 6.12. The van der Waals surface area contributed by atoms with Crippen LogP contribution in [0, 0.1) is 12.7 Å². The van der Waals surface area contributed by atoms with Gasteiger partial charge in [-0.05, 0) is 55.0 Å². The SMILES string of the molecule is C=C1OCc2c(cc3n(c2=O)Cc2c-3nc3cc(F)c(C)cc3c2Cn2cc(CCN(C)C(=O)CNC(=O)[C@@H](Cc3ccccc3)NC(=O)CNC(=O)CNC(=O)CCCCCN3C(=O)C=CC3=O)nn2)[C@@]1(O)CC. The van der Waals surface area contributed by atoms with Gasteiger partial charge in [0.2, 0.25) is 29.5 Å². The minimum Gasteiger partial charge on any atom is -0.490 e. The molecule has 3 aliphatic rings. The van der Waals surface area contributed by atoms with Crippen molar-refractivity contribution in [3.05, 3.63) is 134 Å². The van der Waals surface area contributed by atoms with E-state index in [9.17, 15) is 43.5 Å². The van der Waals surface area contributed by atoms with Gasteiger partial charge in [-0.15, -0.1) is 5.10 Å². The van der Waals surface area contributed by atoms with Gasteiger partial charge in [0.1, 0.15) is 29.8 Å². The smallest absolute Gasteiger partial charge is 0.258 e. The van der Waals surface area contributed by atoms with Crippen molar-refractivity contribution in [2.75, 3.05) is 39.8 Å². The van der Waals surface area contributed by atoms with Crippen LogP contribution in [0.5, 0.6) is 0 Å². The number of aryl methyl sites for hydroxylation is 1. The van der Waals surface area contributed by atoms with Crippen molar-refractivity contribution in [1.82, 2.24) is 55.6 Å². The Balaban J connectivity index is 0.833. The number of hydrogen-bond acceptors (Lipinski definition) is 13. The fraction of sp³-hybridized carbons (Fsp3) is 0.377. The fourth-order valence-corrected chi connectivity index (χ4v) is 9.30. The number of carbonyl (C=O) groups is 7. The molecular weight excluding hydrogens is 970 g/mol. The van der Waals surface area contributed by atoms with Crippen LogP contribution in [0.4, 0.5) is 4.39 Å². The second kappa shape index (κ2) is 22.8. The van der Waals surface area contributed by atoms with E-state index >= 15 is 4.39 Å². The lowest BCUT2D eigenvalue weighted by molar-refractivity contribution is -0.137. The number of amides is 7. The predicted octanol–water partition coefficient (Wildman–Crippen LogP) is 1.72. The molecule has 3 aromatic heterocycles. The molecule has 22 heteroatoms. The third-order valence-electron chi connectivity index (χ3n) is 13.7. The van der Waals surface area contributed by atoms with Crippen LogP contribution < -0.4 is 26.8 Å². The Labute approximate surface area is 430 Å². The molecular formula is C53H58FN11O10. The molecule has 0 saturated heterocycles. The summed E-state index contributed by atoms with van der Waals surface area (Å²) in [6.07, 6.45) is 6.48. The molecule has 0 saturated carbocycles. The number of rotatable bonds is 22. The average molecular weight is 1030 g/mol. The summed E-state index contributed by atoms with van der Waals surface area (Å²) >= 11 is 0. The number of unbranched alkanes of at least 4 members (excludes halogenated alkanes) is 2. The van der Waals surface area contributed by atoms with E-state index in [2.05, 4.69) is 38.2 Å². The maximum absolute atomic E-state index is 15.1. The standard InChI is InChI=1S/C53H58FN11O10/c1-5-53(74)32(3)75-30-38-39(53)22-43-50-37(29-65(43)52(38)73)36(35-20-31(2)40(54)23-41(35)59-50)28-63-27-34(60-61-63)17-19-62(4)49(71)26-57-51(72)42(21-33-12-8-6-9-13-33)58-46(68)25-56-45(67)24-55-44(66)14-10-7-11-18-64-47(69)15-16-48(64)70/h6,8-9,12-13,15-16,20,22-23,27,42,74H,3,5,7,10-11,14,17-19,21,24-26,28-30H2,1-2,4H3,(H,55,66)(H,56,67)(H,57,72)(H,58,68)/t42-,53-/m1/s1. The number of nitrogens with one attached hydrogen (secondary N) is 4. The van der Waals surface area contributed by atoms with Crippen LogP contribution >= 0.6 is 0 Å². The van der Waals surface area contributed by atoms with Gasteiger partial charge in [-0.1, -0.05) is 55.5 Å². The predicted molar refractivity (Wildman–Crippen MR) is 269 cm³/mol. The summed E-state index contributed by atoms with van der Waals surface area (Å²) < 4.78 is 23.9. The zero-order chi connectivity index (χ0) is 53.6. The van der Waals surface area contributed by atoms with Crippen molar-refractivity contribution >= 4 is 52.3 Å². The lowest BCUT2D eigenvalue weighted by Crippen LogP contribution is -2.52. The minimum absolute atomic E-state index is 0.0395. The molecule has 3 aliphatic heterocycles. The normalized spacial score (nSPS) is 15.7. The lowest BCUT2D eigenvalue weighted by atomic mass is 9.84. The van der Waals surface area contributed by atoms with Crippen molar-refractivity contribution < 1.29 is 47.8 Å². The average Bonchev–Trinajstić information content (AvgIpc) is 4.13. The number of aliphatic hydroxyl groups is 1. The molecule has 0 fully saturated rings. The Morgan fingerprint density at radius 3 is 2.41 bits per heavy atom. The van der Waals surface area contributed by atoms with Gasteiger partial charge in [0.25, 0.3) is 17.4 Å².